The molecule has 2 nitrogen and oxygen atoms in total. The number of carboxylic acid groups (broad SMARTS) is 1. The fourth-order valence-corrected chi connectivity index (χ4v) is 3.61. The SMILES string of the molecule is O=C(O)CCCCc1ccc(CCCc2ccc(Cl)cc2)s1. The van der Waals surface area contributed by atoms with Gasteiger partial charge in [0.05, 0.1) is 0 Å². The number of halogens is 1. The van der Waals surface area contributed by atoms with Crippen molar-refractivity contribution in [1.29, 1.82) is 0 Å². The molecule has 1 aromatic carbocycles. The molecule has 22 heavy (non-hydrogen) atoms. The molecule has 2 rings (SSSR count). The molecule has 0 aliphatic rings. The monoisotopic (exact) mass is 336 g/mol. The smallest absolute Gasteiger partial charge is 0.303 e. The van der Waals surface area contributed by atoms with Crippen molar-refractivity contribution in [1.82, 2.24) is 0 Å². The summed E-state index contributed by atoms with van der Waals surface area (Å²) >= 11 is 7.74. The zero-order chi connectivity index (χ0) is 15.8. The van der Waals surface area contributed by atoms with E-state index >= 15 is 0 Å². The quantitative estimate of drug-likeness (QED) is 0.625. The fraction of sp³-hybridized carbons (Fsp3) is 0.389. The Labute approximate surface area is 140 Å². The predicted molar refractivity (Wildman–Crippen MR) is 93.0 cm³/mol. The van der Waals surface area contributed by atoms with Crippen LogP contribution in [0.4, 0.5) is 0 Å². The van der Waals surface area contributed by atoms with E-state index < -0.39 is 5.97 Å². The normalized spacial score (nSPS) is 10.8. The minimum absolute atomic E-state index is 0.277. The van der Waals surface area contributed by atoms with Gasteiger partial charge in [0.25, 0.3) is 0 Å². The van der Waals surface area contributed by atoms with E-state index in [4.69, 9.17) is 16.7 Å². The van der Waals surface area contributed by atoms with Crippen molar-refractivity contribution in [3.8, 4) is 0 Å². The molecule has 2 aromatic rings. The number of unbranched alkanes of at least 4 members (excludes halogenated alkanes) is 1. The number of carbonyl (C=O) groups is 1. The number of rotatable bonds is 9. The van der Waals surface area contributed by atoms with Crippen molar-refractivity contribution >= 4 is 28.9 Å². The molecule has 0 fully saturated rings. The van der Waals surface area contributed by atoms with Crippen molar-refractivity contribution in [2.24, 2.45) is 0 Å². The zero-order valence-electron chi connectivity index (χ0n) is 12.6. The molecule has 0 atom stereocenters. The van der Waals surface area contributed by atoms with Gasteiger partial charge in [-0.3, -0.25) is 4.79 Å². The Morgan fingerprint density at radius 3 is 2.18 bits per heavy atom. The molecule has 118 valence electrons. The molecule has 1 N–H and O–H groups in total. The van der Waals surface area contributed by atoms with Crippen LogP contribution in [0.2, 0.25) is 5.02 Å². The largest absolute Gasteiger partial charge is 0.481 e. The van der Waals surface area contributed by atoms with Crippen LogP contribution < -0.4 is 0 Å². The summed E-state index contributed by atoms with van der Waals surface area (Å²) in [5, 5.41) is 9.40. The van der Waals surface area contributed by atoms with Gasteiger partial charge in [-0.15, -0.1) is 11.3 Å². The van der Waals surface area contributed by atoms with Gasteiger partial charge in [-0.1, -0.05) is 23.7 Å². The average Bonchev–Trinajstić information content (AvgIpc) is 2.93. The van der Waals surface area contributed by atoms with Crippen molar-refractivity contribution < 1.29 is 9.90 Å². The molecule has 0 aliphatic heterocycles. The van der Waals surface area contributed by atoms with Crippen molar-refractivity contribution in [3.63, 3.8) is 0 Å². The van der Waals surface area contributed by atoms with Gasteiger partial charge in [-0.2, -0.15) is 0 Å². The number of carboxylic acids is 1. The maximum absolute atomic E-state index is 10.5. The topological polar surface area (TPSA) is 37.3 Å². The van der Waals surface area contributed by atoms with Crippen LogP contribution in [0, 0.1) is 0 Å². The summed E-state index contributed by atoms with van der Waals surface area (Å²) < 4.78 is 0. The Morgan fingerprint density at radius 1 is 0.909 bits per heavy atom. The third-order valence-electron chi connectivity index (χ3n) is 3.58. The minimum Gasteiger partial charge on any atom is -0.481 e. The van der Waals surface area contributed by atoms with Gasteiger partial charge < -0.3 is 5.11 Å². The van der Waals surface area contributed by atoms with Gasteiger partial charge >= 0.3 is 5.97 Å². The highest BCUT2D eigenvalue weighted by molar-refractivity contribution is 7.11. The lowest BCUT2D eigenvalue weighted by atomic mass is 10.1. The molecule has 0 saturated carbocycles. The zero-order valence-corrected chi connectivity index (χ0v) is 14.1. The summed E-state index contributed by atoms with van der Waals surface area (Å²) in [4.78, 5) is 13.3. The summed E-state index contributed by atoms with van der Waals surface area (Å²) in [7, 11) is 0. The van der Waals surface area contributed by atoms with E-state index in [1.54, 1.807) is 0 Å². The summed E-state index contributed by atoms with van der Waals surface area (Å²) in [6, 6.07) is 12.5. The van der Waals surface area contributed by atoms with E-state index in [0.717, 1.165) is 43.5 Å². The van der Waals surface area contributed by atoms with Crippen LogP contribution in [0.15, 0.2) is 36.4 Å². The van der Waals surface area contributed by atoms with Crippen molar-refractivity contribution in [3.05, 3.63) is 56.7 Å². The molecular weight excluding hydrogens is 316 g/mol. The van der Waals surface area contributed by atoms with Gasteiger partial charge in [0.2, 0.25) is 0 Å². The van der Waals surface area contributed by atoms with Gasteiger partial charge in [-0.05, 0) is 68.4 Å². The lowest BCUT2D eigenvalue weighted by molar-refractivity contribution is -0.137. The third-order valence-corrected chi connectivity index (χ3v) is 5.04. The molecule has 0 saturated heterocycles. The van der Waals surface area contributed by atoms with Crippen molar-refractivity contribution in [2.45, 2.75) is 44.9 Å². The Hall–Kier alpha value is -1.32. The van der Waals surface area contributed by atoms with Crippen LogP contribution >= 0.6 is 22.9 Å². The first kappa shape index (κ1) is 17.0. The van der Waals surface area contributed by atoms with E-state index in [2.05, 4.69) is 24.3 Å². The predicted octanol–water partition coefficient (Wildman–Crippen LogP) is 5.37. The summed E-state index contributed by atoms with van der Waals surface area (Å²) in [5.41, 5.74) is 1.33. The molecule has 0 radical (unpaired) electrons. The first-order valence-corrected chi connectivity index (χ1v) is 8.87. The van der Waals surface area contributed by atoms with Gasteiger partial charge in [0.1, 0.15) is 0 Å². The molecule has 0 spiro atoms. The highest BCUT2D eigenvalue weighted by Crippen LogP contribution is 2.21. The highest BCUT2D eigenvalue weighted by atomic mass is 35.5. The molecule has 0 bridgehead atoms. The van der Waals surface area contributed by atoms with Crippen LogP contribution in [0.1, 0.15) is 41.0 Å². The summed E-state index contributed by atoms with van der Waals surface area (Å²) in [5.74, 6) is -0.700. The van der Waals surface area contributed by atoms with Gasteiger partial charge in [-0.25, -0.2) is 0 Å². The Morgan fingerprint density at radius 2 is 1.55 bits per heavy atom. The molecule has 1 aromatic heterocycles. The Balaban J connectivity index is 1.68. The van der Waals surface area contributed by atoms with Crippen molar-refractivity contribution in [2.75, 3.05) is 0 Å². The first-order valence-electron chi connectivity index (χ1n) is 7.67. The van der Waals surface area contributed by atoms with Gasteiger partial charge in [0, 0.05) is 21.2 Å². The summed E-state index contributed by atoms with van der Waals surface area (Å²) in [6.45, 7) is 0. The number of aliphatic carboxylic acids is 1. The van der Waals surface area contributed by atoms with Crippen LogP contribution in [-0.2, 0) is 24.1 Å². The lowest BCUT2D eigenvalue weighted by Gasteiger charge is -2.01. The van der Waals surface area contributed by atoms with Crippen LogP contribution in [0.5, 0.6) is 0 Å². The van der Waals surface area contributed by atoms with E-state index in [0.29, 0.717) is 0 Å². The average molecular weight is 337 g/mol. The second-order valence-electron chi connectivity index (χ2n) is 5.45. The molecule has 4 heteroatoms. The number of hydrogen-bond acceptors (Lipinski definition) is 2. The second kappa shape index (κ2) is 8.96. The molecule has 1 heterocycles. The standard InChI is InChI=1S/C18H21ClO2S/c19-15-10-8-14(9-11-15)4-3-6-17-13-12-16(22-17)5-1-2-7-18(20)21/h8-13H,1-7H2,(H,20,21). The molecule has 0 unspecified atom stereocenters. The Kier molecular flexibility index (Phi) is 6.94. The van der Waals surface area contributed by atoms with Crippen LogP contribution in [-0.4, -0.2) is 11.1 Å². The van der Waals surface area contributed by atoms with E-state index in [1.165, 1.54) is 15.3 Å². The van der Waals surface area contributed by atoms with Gasteiger partial charge in [0.15, 0.2) is 0 Å². The Bertz CT molecular complexity index is 589. The number of benzene rings is 1. The molecular formula is C18H21ClO2S. The lowest BCUT2D eigenvalue weighted by Crippen LogP contribution is -1.94. The first-order chi connectivity index (χ1) is 10.6. The van der Waals surface area contributed by atoms with Crippen LogP contribution in [0.3, 0.4) is 0 Å². The fourth-order valence-electron chi connectivity index (χ4n) is 2.38. The maximum Gasteiger partial charge on any atom is 0.303 e. The minimum atomic E-state index is -0.700. The highest BCUT2D eigenvalue weighted by Gasteiger charge is 2.02. The number of hydrogen-bond donors (Lipinski definition) is 1. The second-order valence-corrected chi connectivity index (χ2v) is 7.14. The maximum atomic E-state index is 10.5. The van der Waals surface area contributed by atoms with Crippen LogP contribution in [0.25, 0.3) is 0 Å². The number of aryl methyl sites for hydroxylation is 3. The third kappa shape index (κ3) is 6.20. The number of thiophene rings is 1. The molecule has 0 amide bonds. The molecule has 0 aliphatic carbocycles. The van der Waals surface area contributed by atoms with E-state index in [-0.39, 0.29) is 6.42 Å². The summed E-state index contributed by atoms with van der Waals surface area (Å²) in [6.07, 6.45) is 6.30. The van der Waals surface area contributed by atoms with E-state index in [1.807, 2.05) is 23.5 Å². The van der Waals surface area contributed by atoms with E-state index in [9.17, 15) is 4.79 Å².